The summed E-state index contributed by atoms with van der Waals surface area (Å²) in [5, 5.41) is 7.66. The number of anilines is 1. The van der Waals surface area contributed by atoms with Gasteiger partial charge in [0.1, 0.15) is 16.2 Å². The second-order valence-corrected chi connectivity index (χ2v) is 6.11. The van der Waals surface area contributed by atoms with E-state index in [0.717, 1.165) is 0 Å². The molecule has 3 N–H and O–H groups in total. The summed E-state index contributed by atoms with van der Waals surface area (Å²) < 4.78 is 32.9. The van der Waals surface area contributed by atoms with Gasteiger partial charge in [0.25, 0.3) is 5.91 Å². The van der Waals surface area contributed by atoms with Crippen molar-refractivity contribution in [2.75, 3.05) is 19.5 Å². The van der Waals surface area contributed by atoms with Crippen LogP contribution in [0.2, 0.25) is 0 Å². The number of carbonyl (C=O) groups is 1. The molecule has 0 unspecified atom stereocenters. The summed E-state index contributed by atoms with van der Waals surface area (Å²) in [6.07, 6.45) is 0. The molecule has 0 spiro atoms. The SMILES string of the molecule is COc1ccc(NC(=O)C(C)(C)OC)cc1S(N)(=O)=O. The predicted molar refractivity (Wildman–Crippen MR) is 74.1 cm³/mol. The highest BCUT2D eigenvalue weighted by Gasteiger charge is 2.27. The summed E-state index contributed by atoms with van der Waals surface area (Å²) >= 11 is 0. The number of hydrogen-bond acceptors (Lipinski definition) is 5. The highest BCUT2D eigenvalue weighted by Crippen LogP contribution is 2.26. The molecule has 1 aromatic carbocycles. The molecule has 0 aromatic heterocycles. The second kappa shape index (κ2) is 5.78. The van der Waals surface area contributed by atoms with Crippen molar-refractivity contribution >= 4 is 21.6 Å². The fraction of sp³-hybridized carbons (Fsp3) is 0.417. The van der Waals surface area contributed by atoms with E-state index in [1.165, 1.54) is 32.4 Å². The summed E-state index contributed by atoms with van der Waals surface area (Å²) in [5.41, 5.74) is -0.758. The van der Waals surface area contributed by atoms with Crippen LogP contribution in [0.25, 0.3) is 0 Å². The molecule has 0 fully saturated rings. The van der Waals surface area contributed by atoms with Gasteiger partial charge in [-0.3, -0.25) is 4.79 Å². The van der Waals surface area contributed by atoms with E-state index >= 15 is 0 Å². The Balaban J connectivity index is 3.14. The first kappa shape index (κ1) is 16.4. The van der Waals surface area contributed by atoms with Crippen LogP contribution in [0.5, 0.6) is 5.75 Å². The van der Waals surface area contributed by atoms with Crippen LogP contribution in [0.15, 0.2) is 23.1 Å². The molecule has 0 aliphatic carbocycles. The molecular formula is C12H18N2O5S. The van der Waals surface area contributed by atoms with Gasteiger partial charge in [-0.1, -0.05) is 0 Å². The Kier molecular flexibility index (Phi) is 4.74. The minimum absolute atomic E-state index is 0.108. The fourth-order valence-electron chi connectivity index (χ4n) is 1.35. The van der Waals surface area contributed by atoms with Crippen molar-refractivity contribution in [1.82, 2.24) is 0 Å². The summed E-state index contributed by atoms with van der Waals surface area (Å²) in [5.74, 6) is -0.304. The molecule has 0 radical (unpaired) electrons. The van der Waals surface area contributed by atoms with E-state index in [4.69, 9.17) is 14.6 Å². The molecule has 0 aliphatic rings. The number of hydrogen-bond donors (Lipinski definition) is 2. The zero-order valence-electron chi connectivity index (χ0n) is 11.8. The average molecular weight is 302 g/mol. The number of ether oxygens (including phenoxy) is 2. The molecule has 112 valence electrons. The maximum atomic E-state index is 11.9. The Hall–Kier alpha value is -1.64. The van der Waals surface area contributed by atoms with Gasteiger partial charge in [-0.15, -0.1) is 0 Å². The van der Waals surface area contributed by atoms with Crippen molar-refractivity contribution in [3.63, 3.8) is 0 Å². The number of primary sulfonamides is 1. The highest BCUT2D eigenvalue weighted by atomic mass is 32.2. The lowest BCUT2D eigenvalue weighted by molar-refractivity contribution is -0.133. The Morgan fingerprint density at radius 3 is 2.35 bits per heavy atom. The average Bonchev–Trinajstić information content (AvgIpc) is 2.37. The third kappa shape index (κ3) is 3.69. The number of nitrogens with one attached hydrogen (secondary N) is 1. The number of nitrogens with two attached hydrogens (primary N) is 1. The molecule has 0 heterocycles. The number of amides is 1. The molecule has 1 aromatic rings. The van der Waals surface area contributed by atoms with Crippen LogP contribution in [-0.2, 0) is 19.6 Å². The van der Waals surface area contributed by atoms with Gasteiger partial charge in [0, 0.05) is 12.8 Å². The fourth-order valence-corrected chi connectivity index (χ4v) is 2.07. The lowest BCUT2D eigenvalue weighted by Gasteiger charge is -2.22. The summed E-state index contributed by atoms with van der Waals surface area (Å²) in [6.45, 7) is 3.18. The molecule has 0 aliphatic heterocycles. The van der Waals surface area contributed by atoms with Gasteiger partial charge in [-0.05, 0) is 32.0 Å². The number of methoxy groups -OCH3 is 2. The Labute approximate surface area is 118 Å². The Morgan fingerprint density at radius 1 is 1.30 bits per heavy atom. The topological polar surface area (TPSA) is 108 Å². The number of benzene rings is 1. The quantitative estimate of drug-likeness (QED) is 0.832. The molecule has 1 amide bonds. The molecule has 0 bridgehead atoms. The van der Waals surface area contributed by atoms with Crippen LogP contribution in [0, 0.1) is 0 Å². The summed E-state index contributed by atoms with van der Waals surface area (Å²) in [7, 11) is -1.22. The van der Waals surface area contributed by atoms with Crippen molar-refractivity contribution in [3.8, 4) is 5.75 Å². The number of carbonyl (C=O) groups excluding carboxylic acids is 1. The van der Waals surface area contributed by atoms with Gasteiger partial charge in [0.2, 0.25) is 10.0 Å². The van der Waals surface area contributed by atoms with Gasteiger partial charge in [0.15, 0.2) is 0 Å². The molecule has 0 atom stereocenters. The monoisotopic (exact) mass is 302 g/mol. The minimum atomic E-state index is -3.95. The number of rotatable bonds is 5. The van der Waals surface area contributed by atoms with Gasteiger partial charge >= 0.3 is 0 Å². The third-order valence-corrected chi connectivity index (χ3v) is 3.72. The van der Waals surface area contributed by atoms with Crippen molar-refractivity contribution < 1.29 is 22.7 Å². The van der Waals surface area contributed by atoms with Gasteiger partial charge < -0.3 is 14.8 Å². The zero-order valence-corrected chi connectivity index (χ0v) is 12.6. The molecule has 8 heteroatoms. The largest absolute Gasteiger partial charge is 0.495 e. The van der Waals surface area contributed by atoms with Crippen molar-refractivity contribution in [2.45, 2.75) is 24.3 Å². The van der Waals surface area contributed by atoms with Crippen molar-refractivity contribution in [2.24, 2.45) is 5.14 Å². The summed E-state index contributed by atoms with van der Waals surface area (Å²) in [6, 6.07) is 4.16. The van der Waals surface area contributed by atoms with Crippen LogP contribution < -0.4 is 15.2 Å². The van der Waals surface area contributed by atoms with E-state index < -0.39 is 21.5 Å². The molecular weight excluding hydrogens is 284 g/mol. The number of sulfonamides is 1. The van der Waals surface area contributed by atoms with Crippen molar-refractivity contribution in [3.05, 3.63) is 18.2 Å². The maximum absolute atomic E-state index is 11.9. The van der Waals surface area contributed by atoms with Crippen LogP contribution in [0.4, 0.5) is 5.69 Å². The lowest BCUT2D eigenvalue weighted by Crippen LogP contribution is -2.38. The van der Waals surface area contributed by atoms with Crippen LogP contribution >= 0.6 is 0 Å². The van der Waals surface area contributed by atoms with Crippen LogP contribution in [-0.4, -0.2) is 34.1 Å². The Bertz CT molecular complexity index is 610. The molecule has 1 rings (SSSR count). The molecule has 0 saturated carbocycles. The first-order chi connectivity index (χ1) is 9.11. The smallest absolute Gasteiger partial charge is 0.256 e. The normalized spacial score (nSPS) is 12.1. The van der Waals surface area contributed by atoms with Gasteiger partial charge in [-0.25, -0.2) is 13.6 Å². The van der Waals surface area contributed by atoms with Gasteiger partial charge in [-0.2, -0.15) is 0 Å². The van der Waals surface area contributed by atoms with E-state index in [0.29, 0.717) is 0 Å². The van der Waals surface area contributed by atoms with E-state index in [2.05, 4.69) is 5.32 Å². The second-order valence-electron chi connectivity index (χ2n) is 4.58. The van der Waals surface area contributed by atoms with Crippen molar-refractivity contribution in [1.29, 1.82) is 0 Å². The molecule has 0 saturated heterocycles. The minimum Gasteiger partial charge on any atom is -0.495 e. The maximum Gasteiger partial charge on any atom is 0.256 e. The van der Waals surface area contributed by atoms with Crippen LogP contribution in [0.3, 0.4) is 0 Å². The van der Waals surface area contributed by atoms with E-state index in [1.807, 2.05) is 0 Å². The van der Waals surface area contributed by atoms with E-state index in [1.54, 1.807) is 13.8 Å². The zero-order chi connectivity index (χ0) is 15.6. The highest BCUT2D eigenvalue weighted by molar-refractivity contribution is 7.89. The predicted octanol–water partition coefficient (Wildman–Crippen LogP) is 0.706. The van der Waals surface area contributed by atoms with E-state index in [9.17, 15) is 13.2 Å². The van der Waals surface area contributed by atoms with Gasteiger partial charge in [0.05, 0.1) is 7.11 Å². The molecule has 7 nitrogen and oxygen atoms in total. The van der Waals surface area contributed by atoms with Crippen LogP contribution in [0.1, 0.15) is 13.8 Å². The molecule has 20 heavy (non-hydrogen) atoms. The van der Waals surface area contributed by atoms with E-state index in [-0.39, 0.29) is 16.3 Å². The lowest BCUT2D eigenvalue weighted by atomic mass is 10.1. The standard InChI is InChI=1S/C12H18N2O5S/c1-12(2,19-4)11(15)14-8-5-6-9(18-3)10(7-8)20(13,16)17/h5-7H,1-4H3,(H,14,15)(H2,13,16,17). The summed E-state index contributed by atoms with van der Waals surface area (Å²) in [4.78, 5) is 11.7. The third-order valence-electron chi connectivity index (χ3n) is 2.79. The first-order valence-electron chi connectivity index (χ1n) is 5.69. The Morgan fingerprint density at radius 2 is 1.90 bits per heavy atom. The first-order valence-corrected chi connectivity index (χ1v) is 7.24.